The fraction of sp³-hybridized carbons (Fsp3) is 0.800. The molecule has 0 saturated carbocycles. The van der Waals surface area contributed by atoms with Crippen molar-refractivity contribution in [3.8, 4) is 11.8 Å². The zero-order chi connectivity index (χ0) is 10.5. The third-order valence-electron chi connectivity index (χ3n) is 2.69. The fourth-order valence-electron chi connectivity index (χ4n) is 1.03. The number of rotatable bonds is 4. The standard InChI is InChI=1S/C10H21N3/c1-6-7-8-9(12-11)10(2,3)13(4)5/h9,12H,8,11H2,1-5H3. The van der Waals surface area contributed by atoms with Crippen LogP contribution in [0.3, 0.4) is 0 Å². The summed E-state index contributed by atoms with van der Waals surface area (Å²) in [5, 5.41) is 0. The molecule has 1 unspecified atom stereocenters. The van der Waals surface area contributed by atoms with Crippen molar-refractivity contribution in [1.82, 2.24) is 10.3 Å². The second-order valence-corrected chi connectivity index (χ2v) is 3.90. The molecule has 0 aliphatic carbocycles. The highest BCUT2D eigenvalue weighted by atomic mass is 15.3. The lowest BCUT2D eigenvalue weighted by Crippen LogP contribution is -2.56. The molecule has 0 fully saturated rings. The zero-order valence-electron chi connectivity index (χ0n) is 9.31. The van der Waals surface area contributed by atoms with Gasteiger partial charge in [0.15, 0.2) is 0 Å². The number of nitrogens with one attached hydrogen (secondary N) is 1. The first-order valence-corrected chi connectivity index (χ1v) is 4.50. The Labute approximate surface area is 81.6 Å². The molecule has 3 nitrogen and oxygen atoms in total. The van der Waals surface area contributed by atoms with E-state index >= 15 is 0 Å². The number of likely N-dealkylation sites (N-methyl/N-ethyl adjacent to an activating group) is 1. The van der Waals surface area contributed by atoms with Gasteiger partial charge in [0.1, 0.15) is 0 Å². The molecular weight excluding hydrogens is 162 g/mol. The lowest BCUT2D eigenvalue weighted by atomic mass is 9.91. The van der Waals surface area contributed by atoms with Gasteiger partial charge in [0, 0.05) is 18.0 Å². The summed E-state index contributed by atoms with van der Waals surface area (Å²) in [7, 11) is 4.09. The van der Waals surface area contributed by atoms with Crippen LogP contribution in [0.25, 0.3) is 0 Å². The monoisotopic (exact) mass is 183 g/mol. The van der Waals surface area contributed by atoms with Crippen LogP contribution in [0, 0.1) is 11.8 Å². The Morgan fingerprint density at radius 3 is 2.31 bits per heavy atom. The van der Waals surface area contributed by atoms with E-state index in [2.05, 4.69) is 36.0 Å². The smallest absolute Gasteiger partial charge is 0.0498 e. The third-order valence-corrected chi connectivity index (χ3v) is 2.69. The van der Waals surface area contributed by atoms with E-state index in [9.17, 15) is 0 Å². The Kier molecular flexibility index (Phi) is 5.01. The summed E-state index contributed by atoms with van der Waals surface area (Å²) in [5.41, 5.74) is 2.83. The number of nitrogens with zero attached hydrogens (tertiary/aromatic N) is 1. The minimum atomic E-state index is 0.0125. The summed E-state index contributed by atoms with van der Waals surface area (Å²) in [6, 6.07) is 0.190. The van der Waals surface area contributed by atoms with Crippen molar-refractivity contribution in [3.63, 3.8) is 0 Å². The van der Waals surface area contributed by atoms with Crippen LogP contribution in [0.1, 0.15) is 27.2 Å². The molecule has 0 saturated heterocycles. The minimum Gasteiger partial charge on any atom is -0.303 e. The Bertz CT molecular complexity index is 198. The van der Waals surface area contributed by atoms with E-state index in [1.165, 1.54) is 0 Å². The summed E-state index contributed by atoms with van der Waals surface area (Å²) in [6.45, 7) is 6.14. The summed E-state index contributed by atoms with van der Waals surface area (Å²) in [4.78, 5) is 2.15. The molecule has 1 atom stereocenters. The van der Waals surface area contributed by atoms with Gasteiger partial charge in [-0.2, -0.15) is 0 Å². The SMILES string of the molecule is CC#CCC(NN)C(C)(C)N(C)C. The quantitative estimate of drug-likeness (QED) is 0.380. The maximum atomic E-state index is 5.49. The van der Waals surface area contributed by atoms with E-state index in [1.807, 2.05) is 21.0 Å². The molecule has 3 heteroatoms. The summed E-state index contributed by atoms with van der Waals surface area (Å²) in [6.07, 6.45) is 0.776. The van der Waals surface area contributed by atoms with E-state index in [0.29, 0.717) is 0 Å². The van der Waals surface area contributed by atoms with Gasteiger partial charge in [0.05, 0.1) is 0 Å². The number of hydrogen-bond acceptors (Lipinski definition) is 3. The Hall–Kier alpha value is -0.560. The van der Waals surface area contributed by atoms with Gasteiger partial charge in [-0.05, 0) is 34.9 Å². The maximum absolute atomic E-state index is 5.49. The van der Waals surface area contributed by atoms with Gasteiger partial charge in [0.2, 0.25) is 0 Å². The van der Waals surface area contributed by atoms with Gasteiger partial charge in [0.25, 0.3) is 0 Å². The molecule has 0 aromatic heterocycles. The number of nitrogens with two attached hydrogens (primary N) is 1. The average molecular weight is 183 g/mol. The van der Waals surface area contributed by atoms with Gasteiger partial charge in [-0.15, -0.1) is 11.8 Å². The Morgan fingerprint density at radius 2 is 2.00 bits per heavy atom. The van der Waals surface area contributed by atoms with Crippen molar-refractivity contribution in [1.29, 1.82) is 0 Å². The molecule has 0 aromatic carbocycles. The van der Waals surface area contributed by atoms with Crippen molar-refractivity contribution >= 4 is 0 Å². The molecule has 0 amide bonds. The van der Waals surface area contributed by atoms with Crippen molar-refractivity contribution < 1.29 is 0 Å². The highest BCUT2D eigenvalue weighted by Crippen LogP contribution is 2.17. The van der Waals surface area contributed by atoms with Crippen LogP contribution in [-0.4, -0.2) is 30.6 Å². The van der Waals surface area contributed by atoms with Gasteiger partial charge in [-0.1, -0.05) is 0 Å². The van der Waals surface area contributed by atoms with Gasteiger partial charge >= 0.3 is 0 Å². The summed E-state index contributed by atoms with van der Waals surface area (Å²) in [5.74, 6) is 11.4. The van der Waals surface area contributed by atoms with E-state index in [4.69, 9.17) is 5.84 Å². The molecule has 0 bridgehead atoms. The molecule has 0 aliphatic rings. The van der Waals surface area contributed by atoms with E-state index < -0.39 is 0 Å². The molecule has 13 heavy (non-hydrogen) atoms. The normalized spacial score (nSPS) is 13.8. The predicted molar refractivity (Wildman–Crippen MR) is 56.9 cm³/mol. The van der Waals surface area contributed by atoms with Gasteiger partial charge < -0.3 is 4.90 Å². The highest BCUT2D eigenvalue weighted by molar-refractivity contribution is 5.03. The topological polar surface area (TPSA) is 41.3 Å². The lowest BCUT2D eigenvalue weighted by molar-refractivity contribution is 0.140. The number of hydrogen-bond donors (Lipinski definition) is 2. The first kappa shape index (κ1) is 12.4. The first-order valence-electron chi connectivity index (χ1n) is 4.50. The van der Waals surface area contributed by atoms with Crippen LogP contribution < -0.4 is 11.3 Å². The van der Waals surface area contributed by atoms with E-state index in [-0.39, 0.29) is 11.6 Å². The van der Waals surface area contributed by atoms with Crippen molar-refractivity contribution in [2.45, 2.75) is 38.8 Å². The van der Waals surface area contributed by atoms with Gasteiger partial charge in [-0.3, -0.25) is 11.3 Å². The largest absolute Gasteiger partial charge is 0.303 e. The second kappa shape index (κ2) is 5.23. The van der Waals surface area contributed by atoms with Crippen LogP contribution in [0.2, 0.25) is 0 Å². The molecule has 0 aromatic rings. The summed E-state index contributed by atoms with van der Waals surface area (Å²) >= 11 is 0. The zero-order valence-corrected chi connectivity index (χ0v) is 9.31. The second-order valence-electron chi connectivity index (χ2n) is 3.90. The number of hydrazine groups is 1. The summed E-state index contributed by atoms with van der Waals surface area (Å²) < 4.78 is 0. The van der Waals surface area contributed by atoms with Crippen LogP contribution >= 0.6 is 0 Å². The molecule has 3 N–H and O–H groups in total. The Morgan fingerprint density at radius 1 is 1.46 bits per heavy atom. The van der Waals surface area contributed by atoms with Gasteiger partial charge in [-0.25, -0.2) is 0 Å². The molecule has 0 aliphatic heterocycles. The Balaban J connectivity index is 4.42. The fourth-order valence-corrected chi connectivity index (χ4v) is 1.03. The van der Waals surface area contributed by atoms with Crippen molar-refractivity contribution in [3.05, 3.63) is 0 Å². The molecule has 76 valence electrons. The predicted octanol–water partition coefficient (Wildman–Crippen LogP) is 0.572. The van der Waals surface area contributed by atoms with Crippen LogP contribution in [0.15, 0.2) is 0 Å². The van der Waals surface area contributed by atoms with Crippen molar-refractivity contribution in [2.75, 3.05) is 14.1 Å². The molecular formula is C10H21N3. The maximum Gasteiger partial charge on any atom is 0.0498 e. The molecule has 0 heterocycles. The van der Waals surface area contributed by atoms with Crippen LogP contribution in [-0.2, 0) is 0 Å². The minimum absolute atomic E-state index is 0.0125. The molecule has 0 rings (SSSR count). The third kappa shape index (κ3) is 3.35. The van der Waals surface area contributed by atoms with Crippen LogP contribution in [0.4, 0.5) is 0 Å². The average Bonchev–Trinajstić information content (AvgIpc) is 2.05. The lowest BCUT2D eigenvalue weighted by Gasteiger charge is -2.39. The van der Waals surface area contributed by atoms with E-state index in [0.717, 1.165) is 6.42 Å². The van der Waals surface area contributed by atoms with E-state index in [1.54, 1.807) is 0 Å². The van der Waals surface area contributed by atoms with Crippen LogP contribution in [0.5, 0.6) is 0 Å². The molecule has 0 spiro atoms. The molecule has 0 radical (unpaired) electrons. The highest BCUT2D eigenvalue weighted by Gasteiger charge is 2.29. The van der Waals surface area contributed by atoms with Crippen molar-refractivity contribution in [2.24, 2.45) is 5.84 Å². The first-order chi connectivity index (χ1) is 5.96.